The van der Waals surface area contributed by atoms with Gasteiger partial charge in [-0.3, -0.25) is 9.48 Å². The highest BCUT2D eigenvalue weighted by molar-refractivity contribution is 5.71. The number of hydrogen-bond acceptors (Lipinski definition) is 2. The highest BCUT2D eigenvalue weighted by Crippen LogP contribution is 1.92. The number of aromatic nitrogens is 2. The van der Waals surface area contributed by atoms with E-state index in [0.29, 0.717) is 5.69 Å². The summed E-state index contributed by atoms with van der Waals surface area (Å²) >= 11 is 0. The number of carbonyl (C=O) groups is 1. The van der Waals surface area contributed by atoms with Crippen molar-refractivity contribution in [2.45, 2.75) is 19.9 Å². The van der Waals surface area contributed by atoms with Gasteiger partial charge in [0.15, 0.2) is 6.29 Å². The van der Waals surface area contributed by atoms with Crippen LogP contribution in [-0.4, -0.2) is 16.1 Å². The maximum Gasteiger partial charge on any atom is 0.170 e. The zero-order valence-corrected chi connectivity index (χ0v) is 5.95. The summed E-state index contributed by atoms with van der Waals surface area (Å²) in [6, 6.07) is 1.71. The molecule has 3 heteroatoms. The van der Waals surface area contributed by atoms with E-state index in [2.05, 4.69) is 12.0 Å². The molecule has 0 bridgehead atoms. The Balaban J connectivity index is 2.68. The number of nitrogens with zero attached hydrogens (tertiary/aromatic N) is 2. The molecule has 0 aliphatic rings. The number of aldehydes is 1. The van der Waals surface area contributed by atoms with Crippen LogP contribution in [0, 0.1) is 0 Å². The number of rotatable bonds is 3. The summed E-state index contributed by atoms with van der Waals surface area (Å²) < 4.78 is 1.77. The van der Waals surface area contributed by atoms with Crippen LogP contribution in [-0.2, 0) is 6.54 Å². The molecule has 0 saturated carbocycles. The van der Waals surface area contributed by atoms with E-state index < -0.39 is 0 Å². The lowest BCUT2D eigenvalue weighted by Crippen LogP contribution is -1.97. The van der Waals surface area contributed by atoms with Gasteiger partial charge < -0.3 is 0 Å². The van der Waals surface area contributed by atoms with E-state index in [0.717, 1.165) is 19.3 Å². The Hall–Kier alpha value is -1.12. The Morgan fingerprint density at radius 1 is 1.80 bits per heavy atom. The van der Waals surface area contributed by atoms with Crippen molar-refractivity contribution in [3.05, 3.63) is 18.0 Å². The van der Waals surface area contributed by atoms with Gasteiger partial charge in [-0.2, -0.15) is 5.10 Å². The lowest BCUT2D eigenvalue weighted by atomic mass is 10.5. The van der Waals surface area contributed by atoms with Crippen molar-refractivity contribution in [1.82, 2.24) is 9.78 Å². The Morgan fingerprint density at radius 2 is 2.60 bits per heavy atom. The van der Waals surface area contributed by atoms with E-state index >= 15 is 0 Å². The van der Waals surface area contributed by atoms with Crippen LogP contribution < -0.4 is 0 Å². The first-order valence-electron chi connectivity index (χ1n) is 3.35. The van der Waals surface area contributed by atoms with Gasteiger partial charge in [0.2, 0.25) is 0 Å². The van der Waals surface area contributed by atoms with Crippen LogP contribution in [0.15, 0.2) is 12.3 Å². The summed E-state index contributed by atoms with van der Waals surface area (Å²) in [4.78, 5) is 10.1. The van der Waals surface area contributed by atoms with E-state index in [4.69, 9.17) is 0 Å². The largest absolute Gasteiger partial charge is 0.296 e. The summed E-state index contributed by atoms with van der Waals surface area (Å²) in [6.45, 7) is 2.95. The second kappa shape index (κ2) is 3.15. The van der Waals surface area contributed by atoms with Crippen molar-refractivity contribution >= 4 is 6.29 Å². The average molecular weight is 138 g/mol. The third-order valence-electron chi connectivity index (χ3n) is 1.23. The summed E-state index contributed by atoms with van der Waals surface area (Å²) in [5, 5.41) is 3.97. The van der Waals surface area contributed by atoms with Gasteiger partial charge in [-0.05, 0) is 12.5 Å². The molecule has 0 fully saturated rings. The van der Waals surface area contributed by atoms with E-state index in [1.54, 1.807) is 10.7 Å². The molecule has 0 aliphatic heterocycles. The lowest BCUT2D eigenvalue weighted by Gasteiger charge is -1.93. The fourth-order valence-corrected chi connectivity index (χ4v) is 0.794. The zero-order valence-electron chi connectivity index (χ0n) is 5.95. The summed E-state index contributed by atoms with van der Waals surface area (Å²) in [7, 11) is 0. The van der Waals surface area contributed by atoms with Crippen LogP contribution in [0.4, 0.5) is 0 Å². The maximum absolute atomic E-state index is 10.1. The van der Waals surface area contributed by atoms with Crippen molar-refractivity contribution in [2.24, 2.45) is 0 Å². The smallest absolute Gasteiger partial charge is 0.170 e. The van der Waals surface area contributed by atoms with Crippen molar-refractivity contribution in [1.29, 1.82) is 0 Å². The predicted octanol–water partition coefficient (Wildman–Crippen LogP) is 1.11. The molecule has 1 rings (SSSR count). The van der Waals surface area contributed by atoms with Crippen molar-refractivity contribution in [3.63, 3.8) is 0 Å². The highest BCUT2D eigenvalue weighted by Gasteiger charge is 1.93. The van der Waals surface area contributed by atoms with Gasteiger partial charge in [0.1, 0.15) is 5.69 Å². The fourth-order valence-electron chi connectivity index (χ4n) is 0.794. The molecule has 0 aromatic carbocycles. The number of carbonyl (C=O) groups excluding carboxylic acids is 1. The van der Waals surface area contributed by atoms with E-state index in [9.17, 15) is 4.79 Å². The van der Waals surface area contributed by atoms with Gasteiger partial charge >= 0.3 is 0 Å². The molecule has 0 amide bonds. The van der Waals surface area contributed by atoms with Gasteiger partial charge in [-0.1, -0.05) is 6.92 Å². The van der Waals surface area contributed by atoms with E-state index in [1.165, 1.54) is 0 Å². The standard InChI is InChI=1S/C7H10N2O/c1-2-4-9-5-3-7(6-10)8-9/h3,5-6H,2,4H2,1H3. The molecule has 0 aliphatic carbocycles. The molecule has 10 heavy (non-hydrogen) atoms. The Labute approximate surface area is 59.7 Å². The van der Waals surface area contributed by atoms with Crippen molar-refractivity contribution < 1.29 is 4.79 Å². The molecular formula is C7H10N2O. The van der Waals surface area contributed by atoms with Gasteiger partial charge in [0.25, 0.3) is 0 Å². The number of hydrogen-bond donors (Lipinski definition) is 0. The first-order chi connectivity index (χ1) is 4.86. The quantitative estimate of drug-likeness (QED) is 0.586. The molecule has 0 radical (unpaired) electrons. The Bertz CT molecular complexity index is 217. The topological polar surface area (TPSA) is 34.9 Å². The third-order valence-corrected chi connectivity index (χ3v) is 1.23. The molecule has 1 heterocycles. The van der Waals surface area contributed by atoms with Gasteiger partial charge in [0, 0.05) is 12.7 Å². The van der Waals surface area contributed by atoms with Crippen LogP contribution in [0.1, 0.15) is 23.8 Å². The summed E-state index contributed by atoms with van der Waals surface area (Å²) in [5.74, 6) is 0. The van der Waals surface area contributed by atoms with Crippen LogP contribution in [0.2, 0.25) is 0 Å². The molecule has 0 saturated heterocycles. The SMILES string of the molecule is CCCn1ccc(C=O)n1. The molecular weight excluding hydrogens is 128 g/mol. The monoisotopic (exact) mass is 138 g/mol. The minimum atomic E-state index is 0.508. The summed E-state index contributed by atoms with van der Waals surface area (Å²) in [6.07, 6.45) is 3.61. The van der Waals surface area contributed by atoms with Crippen LogP contribution in [0.3, 0.4) is 0 Å². The first-order valence-corrected chi connectivity index (χ1v) is 3.35. The summed E-state index contributed by atoms with van der Waals surface area (Å²) in [5.41, 5.74) is 0.508. The molecule has 1 aromatic heterocycles. The molecule has 1 aromatic rings. The molecule has 0 unspecified atom stereocenters. The molecule has 3 nitrogen and oxygen atoms in total. The van der Waals surface area contributed by atoms with Crippen molar-refractivity contribution in [3.8, 4) is 0 Å². The van der Waals surface area contributed by atoms with E-state index in [-0.39, 0.29) is 0 Å². The Morgan fingerprint density at radius 3 is 3.10 bits per heavy atom. The second-order valence-corrected chi connectivity index (χ2v) is 2.12. The van der Waals surface area contributed by atoms with Gasteiger partial charge in [-0.15, -0.1) is 0 Å². The van der Waals surface area contributed by atoms with Gasteiger partial charge in [0.05, 0.1) is 0 Å². The minimum absolute atomic E-state index is 0.508. The van der Waals surface area contributed by atoms with Crippen LogP contribution in [0.5, 0.6) is 0 Å². The van der Waals surface area contributed by atoms with Crippen LogP contribution in [0.25, 0.3) is 0 Å². The lowest BCUT2D eigenvalue weighted by molar-refractivity contribution is 0.111. The predicted molar refractivity (Wildman–Crippen MR) is 37.9 cm³/mol. The normalized spacial score (nSPS) is 9.70. The molecule has 0 N–H and O–H groups in total. The second-order valence-electron chi connectivity index (χ2n) is 2.12. The maximum atomic E-state index is 10.1. The average Bonchev–Trinajstić information content (AvgIpc) is 2.37. The first kappa shape index (κ1) is 6.99. The third kappa shape index (κ3) is 1.43. The zero-order chi connectivity index (χ0) is 7.40. The van der Waals surface area contributed by atoms with E-state index in [1.807, 2.05) is 6.20 Å². The van der Waals surface area contributed by atoms with Gasteiger partial charge in [-0.25, -0.2) is 0 Å². The molecule has 0 atom stereocenters. The fraction of sp³-hybridized carbons (Fsp3) is 0.429. The van der Waals surface area contributed by atoms with Crippen molar-refractivity contribution in [2.75, 3.05) is 0 Å². The minimum Gasteiger partial charge on any atom is -0.296 e. The molecule has 54 valence electrons. The molecule has 0 spiro atoms. The van der Waals surface area contributed by atoms with Crippen LogP contribution >= 0.6 is 0 Å². The Kier molecular flexibility index (Phi) is 2.20. The number of aryl methyl sites for hydroxylation is 1. The highest BCUT2D eigenvalue weighted by atomic mass is 16.1.